The van der Waals surface area contributed by atoms with Crippen LogP contribution in [-0.2, 0) is 0 Å². The number of ether oxygens (including phenoxy) is 1. The molecule has 100 valence electrons. The van der Waals surface area contributed by atoms with Crippen LogP contribution in [0, 0.1) is 28.4 Å². The van der Waals surface area contributed by atoms with E-state index in [1.165, 1.54) is 12.1 Å². The molecule has 20 heavy (non-hydrogen) atoms. The second-order valence-corrected chi connectivity index (χ2v) is 4.89. The second-order valence-electron chi connectivity index (χ2n) is 4.03. The lowest BCUT2D eigenvalue weighted by molar-refractivity contribution is -0.385. The van der Waals surface area contributed by atoms with E-state index in [4.69, 9.17) is 10.00 Å². The van der Waals surface area contributed by atoms with Gasteiger partial charge in [-0.1, -0.05) is 22.0 Å². The predicted molar refractivity (Wildman–Crippen MR) is 76.8 cm³/mol. The number of nitro groups is 1. The molecule has 0 aliphatic rings. The van der Waals surface area contributed by atoms with Crippen molar-refractivity contribution in [3.05, 3.63) is 62.1 Å². The molecule has 0 fully saturated rings. The Morgan fingerprint density at radius 2 is 2.10 bits per heavy atom. The number of rotatable bonds is 3. The standard InChI is InChI=1S/C14H9BrN2O3/c1-9-7-11(5-6-12(9)15)20-13-4-2-3-10(8-16)14(13)17(18)19/h2-7H,1H3. The Kier molecular flexibility index (Phi) is 4.01. The van der Waals surface area contributed by atoms with Crippen LogP contribution in [0.1, 0.15) is 11.1 Å². The Hall–Kier alpha value is -2.39. The normalized spacial score (nSPS) is 9.85. The van der Waals surface area contributed by atoms with Crippen LogP contribution >= 0.6 is 15.9 Å². The Morgan fingerprint density at radius 1 is 1.35 bits per heavy atom. The molecule has 0 heterocycles. The van der Waals surface area contributed by atoms with Gasteiger partial charge in [0.2, 0.25) is 5.75 Å². The quantitative estimate of drug-likeness (QED) is 0.619. The molecule has 5 nitrogen and oxygen atoms in total. The largest absolute Gasteiger partial charge is 0.450 e. The fourth-order valence-electron chi connectivity index (χ4n) is 1.69. The number of halogens is 1. The minimum atomic E-state index is -0.612. The van der Waals surface area contributed by atoms with Crippen molar-refractivity contribution < 1.29 is 9.66 Å². The molecular weight excluding hydrogens is 324 g/mol. The SMILES string of the molecule is Cc1cc(Oc2cccc(C#N)c2[N+](=O)[O-])ccc1Br. The van der Waals surface area contributed by atoms with Gasteiger partial charge in [0.1, 0.15) is 17.4 Å². The van der Waals surface area contributed by atoms with Crippen molar-refractivity contribution in [3.8, 4) is 17.6 Å². The molecule has 0 radical (unpaired) electrons. The van der Waals surface area contributed by atoms with E-state index in [0.29, 0.717) is 5.75 Å². The molecule has 2 rings (SSSR count). The average molecular weight is 333 g/mol. The van der Waals surface area contributed by atoms with Gasteiger partial charge in [-0.3, -0.25) is 10.1 Å². The highest BCUT2D eigenvalue weighted by Gasteiger charge is 2.21. The minimum Gasteiger partial charge on any atom is -0.450 e. The van der Waals surface area contributed by atoms with Crippen LogP contribution in [-0.4, -0.2) is 4.92 Å². The monoisotopic (exact) mass is 332 g/mol. The molecule has 6 heteroatoms. The summed E-state index contributed by atoms with van der Waals surface area (Å²) in [6.07, 6.45) is 0. The highest BCUT2D eigenvalue weighted by molar-refractivity contribution is 9.10. The first kappa shape index (κ1) is 14.0. The molecule has 0 N–H and O–H groups in total. The summed E-state index contributed by atoms with van der Waals surface area (Å²) in [7, 11) is 0. The van der Waals surface area contributed by atoms with Gasteiger partial charge >= 0.3 is 5.69 Å². The molecule has 0 amide bonds. The highest BCUT2D eigenvalue weighted by atomic mass is 79.9. The van der Waals surface area contributed by atoms with Gasteiger partial charge in [0.05, 0.1) is 4.92 Å². The van der Waals surface area contributed by atoms with Crippen molar-refractivity contribution in [1.82, 2.24) is 0 Å². The van der Waals surface area contributed by atoms with Gasteiger partial charge in [0.15, 0.2) is 0 Å². The topological polar surface area (TPSA) is 76.2 Å². The van der Waals surface area contributed by atoms with Gasteiger partial charge in [-0.05, 0) is 42.8 Å². The van der Waals surface area contributed by atoms with Crippen molar-refractivity contribution >= 4 is 21.6 Å². The zero-order chi connectivity index (χ0) is 14.7. The Bertz CT molecular complexity index is 723. The van der Waals surface area contributed by atoms with Crippen molar-refractivity contribution in [2.45, 2.75) is 6.92 Å². The third-order valence-corrected chi connectivity index (χ3v) is 3.55. The molecule has 0 saturated carbocycles. The molecular formula is C14H9BrN2O3. The van der Waals surface area contributed by atoms with Gasteiger partial charge in [0, 0.05) is 4.47 Å². The van der Waals surface area contributed by atoms with Crippen LogP contribution in [0.5, 0.6) is 11.5 Å². The number of nitrogens with zero attached hydrogens (tertiary/aromatic N) is 2. The van der Waals surface area contributed by atoms with Gasteiger partial charge in [-0.2, -0.15) is 5.26 Å². The maximum atomic E-state index is 11.1. The maximum absolute atomic E-state index is 11.1. The average Bonchev–Trinajstić information content (AvgIpc) is 2.42. The third-order valence-electron chi connectivity index (χ3n) is 2.66. The summed E-state index contributed by atoms with van der Waals surface area (Å²) < 4.78 is 6.46. The lowest BCUT2D eigenvalue weighted by atomic mass is 10.2. The van der Waals surface area contributed by atoms with E-state index < -0.39 is 4.92 Å². The van der Waals surface area contributed by atoms with Gasteiger partial charge in [0.25, 0.3) is 0 Å². The predicted octanol–water partition coefficient (Wildman–Crippen LogP) is 4.33. The molecule has 0 bridgehead atoms. The maximum Gasteiger partial charge on any atom is 0.329 e. The molecule has 2 aromatic rings. The molecule has 0 aliphatic carbocycles. The number of nitro benzene ring substituents is 1. The first-order valence-corrected chi connectivity index (χ1v) is 6.43. The highest BCUT2D eigenvalue weighted by Crippen LogP contribution is 2.34. The van der Waals surface area contributed by atoms with E-state index in [9.17, 15) is 10.1 Å². The van der Waals surface area contributed by atoms with Crippen LogP contribution in [0.25, 0.3) is 0 Å². The summed E-state index contributed by atoms with van der Waals surface area (Å²) in [6.45, 7) is 1.89. The fourth-order valence-corrected chi connectivity index (χ4v) is 1.94. The zero-order valence-corrected chi connectivity index (χ0v) is 12.0. The van der Waals surface area contributed by atoms with Gasteiger partial charge in [-0.25, -0.2) is 0 Å². The number of benzene rings is 2. The minimum absolute atomic E-state index is 0.0265. The number of aryl methyl sites for hydroxylation is 1. The number of nitriles is 1. The first-order valence-electron chi connectivity index (χ1n) is 5.64. The summed E-state index contributed by atoms with van der Waals surface area (Å²) in [5.41, 5.74) is 0.596. The van der Waals surface area contributed by atoms with E-state index in [1.807, 2.05) is 6.92 Å². The lowest BCUT2D eigenvalue weighted by Gasteiger charge is -2.08. The fraction of sp³-hybridized carbons (Fsp3) is 0.0714. The summed E-state index contributed by atoms with van der Waals surface area (Å²) in [5, 5.41) is 20.0. The number of hydrogen-bond donors (Lipinski definition) is 0. The van der Waals surface area contributed by atoms with Crippen molar-refractivity contribution in [1.29, 1.82) is 5.26 Å². The van der Waals surface area contributed by atoms with Gasteiger partial charge < -0.3 is 4.74 Å². The Labute approximate surface area is 123 Å². The summed E-state index contributed by atoms with van der Waals surface area (Å²) >= 11 is 3.37. The first-order chi connectivity index (χ1) is 9.52. The van der Waals surface area contributed by atoms with Gasteiger partial charge in [-0.15, -0.1) is 0 Å². The van der Waals surface area contributed by atoms with Crippen LogP contribution < -0.4 is 4.74 Å². The summed E-state index contributed by atoms with van der Waals surface area (Å²) in [6, 6.07) is 11.4. The number of para-hydroxylation sites is 1. The third kappa shape index (κ3) is 2.78. The molecule has 0 aromatic heterocycles. The Morgan fingerprint density at radius 3 is 2.70 bits per heavy atom. The second kappa shape index (κ2) is 5.72. The van der Waals surface area contributed by atoms with Crippen molar-refractivity contribution in [2.24, 2.45) is 0 Å². The molecule has 0 aliphatic heterocycles. The molecule has 2 aromatic carbocycles. The molecule has 0 unspecified atom stereocenters. The van der Waals surface area contributed by atoms with Crippen molar-refractivity contribution in [2.75, 3.05) is 0 Å². The van der Waals surface area contributed by atoms with E-state index in [0.717, 1.165) is 10.0 Å². The van der Waals surface area contributed by atoms with E-state index >= 15 is 0 Å². The van der Waals surface area contributed by atoms with E-state index in [2.05, 4.69) is 15.9 Å². The lowest BCUT2D eigenvalue weighted by Crippen LogP contribution is -1.96. The smallest absolute Gasteiger partial charge is 0.329 e. The van der Waals surface area contributed by atoms with Crippen molar-refractivity contribution in [3.63, 3.8) is 0 Å². The molecule has 0 atom stereocenters. The number of hydrogen-bond acceptors (Lipinski definition) is 4. The molecule has 0 saturated heterocycles. The van der Waals surface area contributed by atoms with Crippen LogP contribution in [0.2, 0.25) is 0 Å². The van der Waals surface area contributed by atoms with Crippen LogP contribution in [0.15, 0.2) is 40.9 Å². The van der Waals surface area contributed by atoms with Crippen LogP contribution in [0.3, 0.4) is 0 Å². The zero-order valence-electron chi connectivity index (χ0n) is 10.5. The van der Waals surface area contributed by atoms with E-state index in [-0.39, 0.29) is 17.0 Å². The van der Waals surface area contributed by atoms with Crippen LogP contribution in [0.4, 0.5) is 5.69 Å². The van der Waals surface area contributed by atoms with E-state index in [1.54, 1.807) is 30.3 Å². The molecule has 0 spiro atoms. The summed E-state index contributed by atoms with van der Waals surface area (Å²) in [4.78, 5) is 10.5. The Balaban J connectivity index is 2.46. The summed E-state index contributed by atoms with van der Waals surface area (Å²) in [5.74, 6) is 0.527.